The Kier molecular flexibility index (Phi) is 7.87. The van der Waals surface area contributed by atoms with E-state index < -0.39 is 0 Å². The van der Waals surface area contributed by atoms with Gasteiger partial charge in [-0.1, -0.05) is 143 Å². The van der Waals surface area contributed by atoms with E-state index in [1.165, 1.54) is 83.9 Å². The van der Waals surface area contributed by atoms with Gasteiger partial charge < -0.3 is 19.1 Å². The summed E-state index contributed by atoms with van der Waals surface area (Å²) in [6.45, 7) is 18.9. The Morgan fingerprint density at radius 2 is 1.34 bits per heavy atom. The van der Waals surface area contributed by atoms with Gasteiger partial charge in [0.25, 0.3) is 0 Å². The van der Waals surface area contributed by atoms with Crippen LogP contribution < -0.4 is 25.6 Å². The van der Waals surface area contributed by atoms with Crippen LogP contribution >= 0.6 is 0 Å². The van der Waals surface area contributed by atoms with E-state index in [9.17, 15) is 0 Å². The van der Waals surface area contributed by atoms with Crippen LogP contribution in [0, 0.1) is 32.1 Å². The minimum Gasteiger partial charge on any atom is -0.456 e. The van der Waals surface area contributed by atoms with Gasteiger partial charge in [0.2, 0.25) is 6.71 Å². The summed E-state index contributed by atoms with van der Waals surface area (Å²) >= 11 is 0. The van der Waals surface area contributed by atoms with Crippen LogP contribution in [-0.4, -0.2) is 12.8 Å². The first-order valence-electron chi connectivity index (χ1n) is 23.4. The predicted molar refractivity (Wildman–Crippen MR) is 274 cm³/mol. The molecule has 13 rings (SSSR count). The molecule has 3 aliphatic heterocycles. The van der Waals surface area contributed by atoms with Crippen molar-refractivity contribution in [2.75, 3.05) is 14.7 Å². The molecule has 0 radical (unpaired) electrons. The van der Waals surface area contributed by atoms with E-state index in [0.29, 0.717) is 0 Å². The molecule has 2 atom stereocenters. The van der Waals surface area contributed by atoms with Crippen molar-refractivity contribution < 1.29 is 4.42 Å². The van der Waals surface area contributed by atoms with Gasteiger partial charge in [-0.05, 0) is 125 Å². The van der Waals surface area contributed by atoms with Crippen LogP contribution in [0.5, 0.6) is 0 Å². The van der Waals surface area contributed by atoms with Crippen molar-refractivity contribution in [2.24, 2.45) is 11.3 Å². The molecule has 8 aromatic rings. The van der Waals surface area contributed by atoms with Crippen molar-refractivity contribution in [1.29, 1.82) is 0 Å². The van der Waals surface area contributed by atoms with Crippen LogP contribution in [-0.2, 0) is 5.41 Å². The Balaban J connectivity index is 1.15. The first-order valence-corrected chi connectivity index (χ1v) is 23.4. The van der Waals surface area contributed by atoms with E-state index in [2.05, 4.69) is 228 Å². The smallest absolute Gasteiger partial charge is 0.247 e. The molecule has 0 saturated carbocycles. The summed E-state index contributed by atoms with van der Waals surface area (Å²) < 4.78 is 6.65. The maximum atomic E-state index is 6.65. The number of aryl methyl sites for hydroxylation is 3. The Bertz CT molecular complexity index is 3440. The third-order valence-electron chi connectivity index (χ3n) is 15.4. The van der Waals surface area contributed by atoms with E-state index >= 15 is 0 Å². The molecule has 0 saturated heterocycles. The molecular formula is C60H52BN3O. The molecule has 1 aromatic heterocycles. The Labute approximate surface area is 382 Å². The summed E-state index contributed by atoms with van der Waals surface area (Å²) in [4.78, 5) is 7.86. The maximum absolute atomic E-state index is 6.65. The second-order valence-electron chi connectivity index (χ2n) is 20.7. The molecule has 4 nitrogen and oxygen atoms in total. The highest BCUT2D eigenvalue weighted by Gasteiger charge is 2.59. The summed E-state index contributed by atoms with van der Waals surface area (Å²) in [6.07, 6.45) is 5.28. The Hall–Kier alpha value is -6.98. The number of hydrogen-bond donors (Lipinski definition) is 0. The normalized spacial score (nSPS) is 18.6. The number of para-hydroxylation sites is 3. The standard InChI is InChI=1S/C60H52BN3O/c1-35-30-50-56-51(31-35)64-57-42(55-58(64)40-20-11-13-22-43(40)60(55,7)8)32-38(59(4,5)6)33-45(57)61(56)44-29-28-39(62(46-23-14-9-18-36(46)2)47-24-15-10-19-37(47)3)34-49(44)63(50)48-25-17-27-53-54(48)41-21-12-16-26-52(41)65-53/h9-34,42,57H,1-8H3. The Morgan fingerprint density at radius 1 is 0.662 bits per heavy atom. The second-order valence-corrected chi connectivity index (χ2v) is 20.7. The lowest BCUT2D eigenvalue weighted by Crippen LogP contribution is -2.62. The molecule has 7 aromatic carbocycles. The highest BCUT2D eigenvalue weighted by molar-refractivity contribution is 6.95. The third kappa shape index (κ3) is 5.21. The molecule has 0 spiro atoms. The van der Waals surface area contributed by atoms with E-state index in [4.69, 9.17) is 4.42 Å². The van der Waals surface area contributed by atoms with Crippen molar-refractivity contribution in [2.45, 2.75) is 66.8 Å². The number of hydrogen-bond acceptors (Lipinski definition) is 4. The first-order chi connectivity index (χ1) is 31.4. The molecular weight excluding hydrogens is 789 g/mol. The lowest BCUT2D eigenvalue weighted by atomic mass is 9.30. The van der Waals surface area contributed by atoms with E-state index in [1.54, 1.807) is 5.57 Å². The zero-order valence-corrected chi connectivity index (χ0v) is 38.5. The number of anilines is 7. The fourth-order valence-corrected chi connectivity index (χ4v) is 12.6. The van der Waals surface area contributed by atoms with Gasteiger partial charge >= 0.3 is 0 Å². The van der Waals surface area contributed by atoms with Gasteiger partial charge in [-0.2, -0.15) is 0 Å². The maximum Gasteiger partial charge on any atom is 0.247 e. The lowest BCUT2D eigenvalue weighted by molar-refractivity contribution is 0.486. The van der Waals surface area contributed by atoms with Gasteiger partial charge in [0.15, 0.2) is 0 Å². The molecule has 5 aliphatic rings. The Morgan fingerprint density at radius 3 is 2.09 bits per heavy atom. The molecule has 0 fully saturated rings. The number of fused-ring (bicyclic) bond motifs is 11. The molecule has 65 heavy (non-hydrogen) atoms. The summed E-state index contributed by atoms with van der Waals surface area (Å²) in [5, 5.41) is 2.25. The van der Waals surface area contributed by atoms with Crippen LogP contribution in [0.1, 0.15) is 62.4 Å². The summed E-state index contributed by atoms with van der Waals surface area (Å²) in [5.41, 5.74) is 25.1. The highest BCUT2D eigenvalue weighted by Crippen LogP contribution is 2.62. The minimum atomic E-state index is -0.121. The van der Waals surface area contributed by atoms with Crippen molar-refractivity contribution >= 4 is 85.1 Å². The number of benzene rings is 7. The van der Waals surface area contributed by atoms with Crippen molar-refractivity contribution in [3.05, 3.63) is 202 Å². The number of allylic oxidation sites excluding steroid dienone is 2. The number of rotatable bonds is 4. The largest absolute Gasteiger partial charge is 0.456 e. The van der Waals surface area contributed by atoms with Gasteiger partial charge in [0.05, 0.1) is 22.8 Å². The van der Waals surface area contributed by atoms with Crippen LogP contribution in [0.25, 0.3) is 27.6 Å². The zero-order chi connectivity index (χ0) is 44.3. The molecule has 316 valence electrons. The van der Waals surface area contributed by atoms with Crippen molar-refractivity contribution in [1.82, 2.24) is 0 Å². The van der Waals surface area contributed by atoms with Gasteiger partial charge in [-0.3, -0.25) is 0 Å². The molecule has 2 unspecified atom stereocenters. The number of furan rings is 1. The highest BCUT2D eigenvalue weighted by atomic mass is 16.3. The van der Waals surface area contributed by atoms with Crippen molar-refractivity contribution in [3.8, 4) is 0 Å². The third-order valence-corrected chi connectivity index (χ3v) is 15.4. The summed E-state index contributed by atoms with van der Waals surface area (Å²) in [7, 11) is 0. The monoisotopic (exact) mass is 841 g/mol. The molecule has 0 bridgehead atoms. The van der Waals surface area contributed by atoms with Gasteiger partial charge in [0, 0.05) is 56.4 Å². The predicted octanol–water partition coefficient (Wildman–Crippen LogP) is 14.3. The van der Waals surface area contributed by atoms with Crippen LogP contribution in [0.4, 0.5) is 39.8 Å². The minimum absolute atomic E-state index is 0.0367. The molecule has 0 N–H and O–H groups in total. The average molecular weight is 842 g/mol. The molecule has 2 aliphatic carbocycles. The summed E-state index contributed by atoms with van der Waals surface area (Å²) in [5.74, 6) is 0.239. The fourth-order valence-electron chi connectivity index (χ4n) is 12.6. The zero-order valence-electron chi connectivity index (χ0n) is 38.5. The van der Waals surface area contributed by atoms with Crippen LogP contribution in [0.2, 0.25) is 0 Å². The molecule has 4 heterocycles. The van der Waals surface area contributed by atoms with Crippen molar-refractivity contribution in [3.63, 3.8) is 0 Å². The average Bonchev–Trinajstić information content (AvgIpc) is 3.93. The van der Waals surface area contributed by atoms with E-state index in [-0.39, 0.29) is 29.5 Å². The number of nitrogens with zero attached hydrogens (tertiary/aromatic N) is 3. The van der Waals surface area contributed by atoms with Crippen LogP contribution in [0.3, 0.4) is 0 Å². The second kappa shape index (κ2) is 13.3. The molecule has 0 amide bonds. The van der Waals surface area contributed by atoms with Gasteiger partial charge in [-0.15, -0.1) is 0 Å². The topological polar surface area (TPSA) is 22.9 Å². The SMILES string of the molecule is Cc1cc2c3c(c1)N1C4=C(C5C=C(C(C)(C)C)C=C(B3c3ccc(N(c6ccccc6C)c6ccccc6C)cc3N2c2cccc3oc6ccccc6c23)C51)C(C)(C)c1ccccc14. The van der Waals surface area contributed by atoms with E-state index in [0.717, 1.165) is 33.3 Å². The van der Waals surface area contributed by atoms with Gasteiger partial charge in [0.1, 0.15) is 11.2 Å². The quantitative estimate of drug-likeness (QED) is 0.165. The van der Waals surface area contributed by atoms with Crippen LogP contribution in [0.15, 0.2) is 179 Å². The van der Waals surface area contributed by atoms with Gasteiger partial charge in [-0.25, -0.2) is 0 Å². The molecule has 5 heteroatoms. The lowest BCUT2D eigenvalue weighted by Gasteiger charge is -2.50. The summed E-state index contributed by atoms with van der Waals surface area (Å²) in [6, 6.07) is 54.4. The fraction of sp³-hybridized carbons (Fsp3) is 0.200. The van der Waals surface area contributed by atoms with E-state index in [1.807, 2.05) is 0 Å². The first kappa shape index (κ1) is 38.5.